The number of halogens is 4. The Morgan fingerprint density at radius 1 is 0.900 bits per heavy atom. The summed E-state index contributed by atoms with van der Waals surface area (Å²) in [6.07, 6.45) is -4.30. The van der Waals surface area contributed by atoms with E-state index in [1.54, 1.807) is 6.07 Å². The Kier molecular flexibility index (Phi) is 5.04. The molecule has 0 aromatic heterocycles. The van der Waals surface area contributed by atoms with Crippen molar-refractivity contribution in [2.45, 2.75) is 19.3 Å². The fourth-order valence-corrected chi connectivity index (χ4v) is 2.25. The summed E-state index contributed by atoms with van der Waals surface area (Å²) in [5, 5.41) is 3.05. The highest BCUT2D eigenvalue weighted by atomic mass is 127. The number of hydrogen-bond donors (Lipinski definition) is 1. The average Bonchev–Trinajstić information content (AvgIpc) is 2.40. The Labute approximate surface area is 129 Å². The third-order valence-corrected chi connectivity index (χ3v) is 3.60. The molecule has 0 spiro atoms. The molecule has 0 saturated carbocycles. The smallest absolute Gasteiger partial charge is 0.309 e. The SMILES string of the molecule is FC(F)(F)c1ccccc1CNCc1ccc(I)cc1. The monoisotopic (exact) mass is 391 g/mol. The Balaban J connectivity index is 1.99. The van der Waals surface area contributed by atoms with Gasteiger partial charge < -0.3 is 5.32 Å². The topological polar surface area (TPSA) is 12.0 Å². The molecule has 0 saturated heterocycles. The highest BCUT2D eigenvalue weighted by molar-refractivity contribution is 14.1. The van der Waals surface area contributed by atoms with E-state index in [0.717, 1.165) is 15.2 Å². The van der Waals surface area contributed by atoms with Crippen LogP contribution in [0.5, 0.6) is 0 Å². The van der Waals surface area contributed by atoms with Crippen LogP contribution in [0.3, 0.4) is 0 Å². The van der Waals surface area contributed by atoms with Gasteiger partial charge in [-0.2, -0.15) is 13.2 Å². The van der Waals surface area contributed by atoms with E-state index in [-0.39, 0.29) is 12.1 Å². The summed E-state index contributed by atoms with van der Waals surface area (Å²) in [6.45, 7) is 0.741. The number of hydrogen-bond acceptors (Lipinski definition) is 1. The molecule has 0 aliphatic rings. The van der Waals surface area contributed by atoms with Crippen LogP contribution in [0.25, 0.3) is 0 Å². The van der Waals surface area contributed by atoms with Crippen molar-refractivity contribution in [2.24, 2.45) is 0 Å². The van der Waals surface area contributed by atoms with E-state index in [1.165, 1.54) is 12.1 Å². The minimum absolute atomic E-state index is 0.196. The first-order valence-electron chi connectivity index (χ1n) is 6.07. The van der Waals surface area contributed by atoms with Gasteiger partial charge in [0.15, 0.2) is 0 Å². The molecular formula is C15H13F3IN. The zero-order valence-corrected chi connectivity index (χ0v) is 12.7. The maximum absolute atomic E-state index is 12.8. The summed E-state index contributed by atoms with van der Waals surface area (Å²) in [4.78, 5) is 0. The normalized spacial score (nSPS) is 11.6. The molecule has 20 heavy (non-hydrogen) atoms. The Morgan fingerprint density at radius 3 is 2.20 bits per heavy atom. The summed E-state index contributed by atoms with van der Waals surface area (Å²) in [6, 6.07) is 13.5. The first-order valence-corrected chi connectivity index (χ1v) is 7.15. The molecule has 0 heterocycles. The van der Waals surface area contributed by atoms with Gasteiger partial charge in [-0.1, -0.05) is 30.3 Å². The van der Waals surface area contributed by atoms with Gasteiger partial charge in [-0.3, -0.25) is 0 Å². The molecule has 0 unspecified atom stereocenters. The molecule has 0 bridgehead atoms. The summed E-state index contributed by atoms with van der Waals surface area (Å²) < 4.78 is 39.6. The van der Waals surface area contributed by atoms with E-state index in [9.17, 15) is 13.2 Å². The molecule has 0 aliphatic heterocycles. The minimum atomic E-state index is -4.30. The molecule has 2 rings (SSSR count). The van der Waals surface area contributed by atoms with E-state index in [0.29, 0.717) is 6.54 Å². The van der Waals surface area contributed by atoms with Crippen LogP contribution in [0.2, 0.25) is 0 Å². The van der Waals surface area contributed by atoms with Crippen molar-refractivity contribution in [2.75, 3.05) is 0 Å². The van der Waals surface area contributed by atoms with Crippen molar-refractivity contribution >= 4 is 22.6 Å². The Hall–Kier alpha value is -1.08. The molecule has 0 amide bonds. The largest absolute Gasteiger partial charge is 0.416 e. The van der Waals surface area contributed by atoms with E-state index in [2.05, 4.69) is 27.9 Å². The molecule has 0 radical (unpaired) electrons. The first kappa shape index (κ1) is 15.3. The summed E-state index contributed by atoms with van der Waals surface area (Å²) in [5.74, 6) is 0. The van der Waals surface area contributed by atoms with Gasteiger partial charge in [-0.15, -0.1) is 0 Å². The maximum Gasteiger partial charge on any atom is 0.416 e. The number of alkyl halides is 3. The highest BCUT2D eigenvalue weighted by Gasteiger charge is 2.32. The lowest BCUT2D eigenvalue weighted by molar-refractivity contribution is -0.138. The lowest BCUT2D eigenvalue weighted by atomic mass is 10.1. The molecule has 1 N–H and O–H groups in total. The van der Waals surface area contributed by atoms with E-state index < -0.39 is 11.7 Å². The van der Waals surface area contributed by atoms with Gasteiger partial charge in [0.05, 0.1) is 5.56 Å². The van der Waals surface area contributed by atoms with Crippen LogP contribution in [0.1, 0.15) is 16.7 Å². The molecule has 106 valence electrons. The van der Waals surface area contributed by atoms with Crippen molar-refractivity contribution < 1.29 is 13.2 Å². The molecule has 0 aliphatic carbocycles. The average molecular weight is 391 g/mol. The van der Waals surface area contributed by atoms with Crippen LogP contribution >= 0.6 is 22.6 Å². The number of nitrogens with one attached hydrogen (secondary N) is 1. The van der Waals surface area contributed by atoms with Crippen LogP contribution < -0.4 is 5.32 Å². The fraction of sp³-hybridized carbons (Fsp3) is 0.200. The van der Waals surface area contributed by atoms with Crippen molar-refractivity contribution in [3.63, 3.8) is 0 Å². The lowest BCUT2D eigenvalue weighted by Gasteiger charge is -2.13. The van der Waals surface area contributed by atoms with E-state index >= 15 is 0 Å². The molecule has 5 heteroatoms. The molecule has 0 fully saturated rings. The van der Waals surface area contributed by atoms with Crippen LogP contribution in [0, 0.1) is 3.57 Å². The van der Waals surface area contributed by atoms with Gasteiger partial charge in [-0.05, 0) is 51.9 Å². The Bertz CT molecular complexity index is 564. The van der Waals surface area contributed by atoms with Crippen LogP contribution in [-0.2, 0) is 19.3 Å². The van der Waals surface area contributed by atoms with Crippen molar-refractivity contribution in [1.82, 2.24) is 5.32 Å². The summed E-state index contributed by atoms with van der Waals surface area (Å²) in [7, 11) is 0. The third kappa shape index (κ3) is 4.21. The van der Waals surface area contributed by atoms with Gasteiger partial charge in [0, 0.05) is 16.7 Å². The fourth-order valence-electron chi connectivity index (χ4n) is 1.89. The predicted octanol–water partition coefficient (Wildman–Crippen LogP) is 4.60. The van der Waals surface area contributed by atoms with Gasteiger partial charge in [0.1, 0.15) is 0 Å². The van der Waals surface area contributed by atoms with Gasteiger partial charge in [0.25, 0.3) is 0 Å². The predicted molar refractivity (Wildman–Crippen MR) is 81.1 cm³/mol. The van der Waals surface area contributed by atoms with Gasteiger partial charge in [-0.25, -0.2) is 0 Å². The van der Waals surface area contributed by atoms with E-state index in [1.807, 2.05) is 24.3 Å². The van der Waals surface area contributed by atoms with Crippen molar-refractivity contribution in [1.29, 1.82) is 0 Å². The second kappa shape index (κ2) is 6.58. The zero-order valence-electron chi connectivity index (χ0n) is 10.5. The van der Waals surface area contributed by atoms with Crippen molar-refractivity contribution in [3.05, 3.63) is 68.8 Å². The van der Waals surface area contributed by atoms with E-state index in [4.69, 9.17) is 0 Å². The standard InChI is InChI=1S/C15H13F3IN/c16-15(17,18)14-4-2-1-3-12(14)10-20-9-11-5-7-13(19)8-6-11/h1-8,20H,9-10H2. The molecule has 2 aromatic rings. The second-order valence-electron chi connectivity index (χ2n) is 4.38. The molecular weight excluding hydrogens is 378 g/mol. The Morgan fingerprint density at radius 2 is 1.55 bits per heavy atom. The van der Waals surface area contributed by atoms with Crippen molar-refractivity contribution in [3.8, 4) is 0 Å². The lowest BCUT2D eigenvalue weighted by Crippen LogP contribution is -2.17. The van der Waals surface area contributed by atoms with Gasteiger partial charge in [0.2, 0.25) is 0 Å². The van der Waals surface area contributed by atoms with Crippen LogP contribution in [-0.4, -0.2) is 0 Å². The van der Waals surface area contributed by atoms with Gasteiger partial charge >= 0.3 is 6.18 Å². The number of rotatable bonds is 4. The zero-order chi connectivity index (χ0) is 14.6. The minimum Gasteiger partial charge on any atom is -0.309 e. The summed E-state index contributed by atoms with van der Waals surface area (Å²) in [5.41, 5.74) is 0.746. The molecule has 2 aromatic carbocycles. The summed E-state index contributed by atoms with van der Waals surface area (Å²) >= 11 is 2.21. The molecule has 1 nitrogen and oxygen atoms in total. The number of benzene rings is 2. The highest BCUT2D eigenvalue weighted by Crippen LogP contribution is 2.31. The molecule has 0 atom stereocenters. The van der Waals surface area contributed by atoms with Crippen LogP contribution in [0.15, 0.2) is 48.5 Å². The third-order valence-electron chi connectivity index (χ3n) is 2.88. The first-order chi connectivity index (χ1) is 9.47. The maximum atomic E-state index is 12.8. The quantitative estimate of drug-likeness (QED) is 0.752. The van der Waals surface area contributed by atoms with Crippen LogP contribution in [0.4, 0.5) is 13.2 Å². The second-order valence-corrected chi connectivity index (χ2v) is 5.63.